The molecule has 1 aromatic carbocycles. The molecule has 0 bridgehead atoms. The first-order valence-electron chi connectivity index (χ1n) is 7.67. The van der Waals surface area contributed by atoms with Crippen LogP contribution in [0.3, 0.4) is 0 Å². The predicted octanol–water partition coefficient (Wildman–Crippen LogP) is 2.60. The lowest BCUT2D eigenvalue weighted by Crippen LogP contribution is -2.48. The largest absolute Gasteiger partial charge is 0.437 e. The van der Waals surface area contributed by atoms with Crippen LogP contribution in [-0.2, 0) is 4.79 Å². The summed E-state index contributed by atoms with van der Waals surface area (Å²) in [6.45, 7) is 2.42. The van der Waals surface area contributed by atoms with Gasteiger partial charge in [-0.1, -0.05) is 12.1 Å². The Morgan fingerprint density at radius 3 is 3.05 bits per heavy atom. The average molecular weight is 300 g/mol. The number of para-hydroxylation sites is 2. The van der Waals surface area contributed by atoms with Gasteiger partial charge in [-0.2, -0.15) is 0 Å². The van der Waals surface area contributed by atoms with Gasteiger partial charge < -0.3 is 14.4 Å². The second kappa shape index (κ2) is 6.32. The summed E-state index contributed by atoms with van der Waals surface area (Å²) in [5.41, 5.74) is 1.48. The zero-order chi connectivity index (χ0) is 15.5. The van der Waals surface area contributed by atoms with Crippen molar-refractivity contribution in [3.8, 4) is 0 Å². The summed E-state index contributed by atoms with van der Waals surface area (Å²) in [5, 5.41) is 9.83. The van der Waals surface area contributed by atoms with Crippen LogP contribution in [0.4, 0.5) is 0 Å². The Balaban J connectivity index is 1.74. The summed E-state index contributed by atoms with van der Waals surface area (Å²) >= 11 is 0. The summed E-state index contributed by atoms with van der Waals surface area (Å²) < 4.78 is 5.56. The molecule has 1 saturated heterocycles. The number of piperidine rings is 1. The number of fused-ring (bicyclic) bond motifs is 1. The minimum absolute atomic E-state index is 0.102. The fraction of sp³-hybridized carbons (Fsp3) is 0.412. The molecule has 5 nitrogen and oxygen atoms in total. The third-order valence-corrected chi connectivity index (χ3v) is 4.07. The Morgan fingerprint density at radius 1 is 1.45 bits per heavy atom. The lowest BCUT2D eigenvalue weighted by atomic mass is 9.98. The maximum atomic E-state index is 12.4. The number of amides is 1. The Labute approximate surface area is 129 Å². The molecular formula is C17H20N2O3. The van der Waals surface area contributed by atoms with E-state index in [0.29, 0.717) is 18.0 Å². The molecule has 0 spiro atoms. The molecule has 5 heteroatoms. The molecule has 1 N–H and O–H groups in total. The molecule has 2 heterocycles. The van der Waals surface area contributed by atoms with Crippen molar-refractivity contribution in [2.45, 2.75) is 38.3 Å². The Morgan fingerprint density at radius 2 is 2.27 bits per heavy atom. The third-order valence-electron chi connectivity index (χ3n) is 4.07. The second-order valence-corrected chi connectivity index (χ2v) is 5.69. The van der Waals surface area contributed by atoms with Gasteiger partial charge >= 0.3 is 0 Å². The first-order chi connectivity index (χ1) is 10.6. The number of oxazole rings is 1. The van der Waals surface area contributed by atoms with E-state index in [1.165, 1.54) is 6.08 Å². The Hall–Kier alpha value is -2.14. The van der Waals surface area contributed by atoms with Crippen LogP contribution in [0.15, 0.2) is 34.8 Å². The van der Waals surface area contributed by atoms with E-state index < -0.39 is 6.10 Å². The standard InChI is InChI=1S/C17H20N2O3/c1-12(20)14-7-4-5-11-19(14)17(21)10-9-16-18-13-6-2-3-8-15(13)22-16/h2-3,6,8-10,12,14,20H,4-5,7,11H2,1H3/b10-9+. The highest BCUT2D eigenvalue weighted by atomic mass is 16.3. The number of likely N-dealkylation sites (tertiary alicyclic amines) is 1. The van der Waals surface area contributed by atoms with E-state index in [9.17, 15) is 9.90 Å². The highest BCUT2D eigenvalue weighted by Gasteiger charge is 2.28. The van der Waals surface area contributed by atoms with Crippen LogP contribution in [0.25, 0.3) is 17.2 Å². The van der Waals surface area contributed by atoms with Crippen LogP contribution in [-0.4, -0.2) is 39.6 Å². The van der Waals surface area contributed by atoms with Gasteiger partial charge in [-0.15, -0.1) is 0 Å². The molecule has 2 unspecified atom stereocenters. The van der Waals surface area contributed by atoms with Gasteiger partial charge in [0.1, 0.15) is 5.52 Å². The van der Waals surface area contributed by atoms with Crippen molar-refractivity contribution < 1.29 is 14.3 Å². The monoisotopic (exact) mass is 300 g/mol. The fourth-order valence-electron chi connectivity index (χ4n) is 2.93. The van der Waals surface area contributed by atoms with Crippen molar-refractivity contribution in [1.82, 2.24) is 9.88 Å². The molecule has 116 valence electrons. The minimum atomic E-state index is -0.512. The molecule has 1 fully saturated rings. The van der Waals surface area contributed by atoms with Crippen LogP contribution in [0.1, 0.15) is 32.1 Å². The molecule has 1 amide bonds. The quantitative estimate of drug-likeness (QED) is 0.885. The number of carbonyl (C=O) groups excluding carboxylic acids is 1. The van der Waals surface area contributed by atoms with E-state index in [0.717, 1.165) is 24.8 Å². The Bertz CT molecular complexity index is 657. The number of rotatable bonds is 3. The van der Waals surface area contributed by atoms with Crippen molar-refractivity contribution in [1.29, 1.82) is 0 Å². The lowest BCUT2D eigenvalue weighted by Gasteiger charge is -2.36. The topological polar surface area (TPSA) is 66.6 Å². The van der Waals surface area contributed by atoms with Crippen molar-refractivity contribution >= 4 is 23.1 Å². The van der Waals surface area contributed by atoms with Gasteiger partial charge in [-0.05, 0) is 38.3 Å². The summed E-state index contributed by atoms with van der Waals surface area (Å²) in [5.74, 6) is 0.313. The number of hydrogen-bond donors (Lipinski definition) is 1. The number of aliphatic hydroxyl groups excluding tert-OH is 1. The Kier molecular flexibility index (Phi) is 4.24. The van der Waals surface area contributed by atoms with Crippen LogP contribution in [0, 0.1) is 0 Å². The van der Waals surface area contributed by atoms with Gasteiger partial charge in [0, 0.05) is 18.7 Å². The lowest BCUT2D eigenvalue weighted by molar-refractivity contribution is -0.132. The molecule has 1 aliphatic rings. The van der Waals surface area contributed by atoms with Gasteiger partial charge in [-0.25, -0.2) is 4.98 Å². The van der Waals surface area contributed by atoms with E-state index in [4.69, 9.17) is 4.42 Å². The molecule has 2 atom stereocenters. The van der Waals surface area contributed by atoms with E-state index in [-0.39, 0.29) is 11.9 Å². The molecule has 3 rings (SSSR count). The number of aromatic nitrogens is 1. The van der Waals surface area contributed by atoms with Crippen molar-refractivity contribution in [2.24, 2.45) is 0 Å². The van der Waals surface area contributed by atoms with Crippen molar-refractivity contribution in [3.05, 3.63) is 36.2 Å². The number of nitrogens with zero attached hydrogens (tertiary/aromatic N) is 2. The highest BCUT2D eigenvalue weighted by molar-refractivity contribution is 5.92. The molecule has 1 aliphatic heterocycles. The smallest absolute Gasteiger partial charge is 0.247 e. The van der Waals surface area contributed by atoms with E-state index in [1.807, 2.05) is 24.3 Å². The molecule has 22 heavy (non-hydrogen) atoms. The van der Waals surface area contributed by atoms with E-state index >= 15 is 0 Å². The first-order valence-corrected chi connectivity index (χ1v) is 7.67. The molecule has 0 aliphatic carbocycles. The number of aliphatic hydroxyl groups is 1. The van der Waals surface area contributed by atoms with E-state index in [1.54, 1.807) is 17.9 Å². The summed E-state index contributed by atoms with van der Waals surface area (Å²) in [6, 6.07) is 7.38. The van der Waals surface area contributed by atoms with Crippen molar-refractivity contribution in [2.75, 3.05) is 6.54 Å². The fourth-order valence-corrected chi connectivity index (χ4v) is 2.93. The van der Waals surface area contributed by atoms with Gasteiger partial charge in [0.25, 0.3) is 0 Å². The molecule has 0 saturated carbocycles. The first kappa shape index (κ1) is 14.8. The van der Waals surface area contributed by atoms with Gasteiger partial charge in [-0.3, -0.25) is 4.79 Å². The maximum absolute atomic E-state index is 12.4. The summed E-state index contributed by atoms with van der Waals surface area (Å²) in [7, 11) is 0. The van der Waals surface area contributed by atoms with E-state index in [2.05, 4.69) is 4.98 Å². The molecule has 1 aromatic heterocycles. The minimum Gasteiger partial charge on any atom is -0.437 e. The number of carbonyl (C=O) groups is 1. The number of hydrogen-bond acceptors (Lipinski definition) is 4. The summed E-state index contributed by atoms with van der Waals surface area (Å²) in [4.78, 5) is 18.4. The summed E-state index contributed by atoms with van der Waals surface area (Å²) in [6.07, 6.45) is 5.43. The van der Waals surface area contributed by atoms with Crippen LogP contribution >= 0.6 is 0 Å². The average Bonchev–Trinajstić information content (AvgIpc) is 2.95. The molecule has 0 radical (unpaired) electrons. The maximum Gasteiger partial charge on any atom is 0.247 e. The SMILES string of the molecule is CC(O)C1CCCCN1C(=O)/C=C/c1nc2ccccc2o1. The van der Waals surface area contributed by atoms with Gasteiger partial charge in [0.05, 0.1) is 12.1 Å². The van der Waals surface area contributed by atoms with Crippen LogP contribution < -0.4 is 0 Å². The third kappa shape index (κ3) is 3.04. The molecular weight excluding hydrogens is 280 g/mol. The predicted molar refractivity (Wildman–Crippen MR) is 84.1 cm³/mol. The van der Waals surface area contributed by atoms with Crippen molar-refractivity contribution in [3.63, 3.8) is 0 Å². The molecule has 2 aromatic rings. The van der Waals surface area contributed by atoms with Crippen LogP contribution in [0.5, 0.6) is 0 Å². The normalized spacial score (nSPS) is 20.6. The highest BCUT2D eigenvalue weighted by Crippen LogP contribution is 2.21. The van der Waals surface area contributed by atoms with Gasteiger partial charge in [0.15, 0.2) is 5.58 Å². The zero-order valence-electron chi connectivity index (χ0n) is 12.6. The van der Waals surface area contributed by atoms with Gasteiger partial charge in [0.2, 0.25) is 11.8 Å². The van der Waals surface area contributed by atoms with Crippen LogP contribution in [0.2, 0.25) is 0 Å². The second-order valence-electron chi connectivity index (χ2n) is 5.69. The zero-order valence-corrected chi connectivity index (χ0v) is 12.6. The number of benzene rings is 1.